The van der Waals surface area contributed by atoms with Gasteiger partial charge >= 0.3 is 0 Å². The molecule has 0 aromatic heterocycles. The predicted molar refractivity (Wildman–Crippen MR) is 137 cm³/mol. The molecule has 0 radical (unpaired) electrons. The Kier molecular flexibility index (Phi) is 6.88. The third-order valence-electron chi connectivity index (χ3n) is 5.45. The highest BCUT2D eigenvalue weighted by Crippen LogP contribution is 2.43. The Balaban J connectivity index is 2.11. The van der Waals surface area contributed by atoms with Gasteiger partial charge in [0.05, 0.1) is 4.90 Å². The molecular weight excluding hydrogens is 618 g/mol. The lowest BCUT2D eigenvalue weighted by Gasteiger charge is -2.12. The number of phenols is 1. The summed E-state index contributed by atoms with van der Waals surface area (Å²) in [6.45, 7) is 0. The van der Waals surface area contributed by atoms with Gasteiger partial charge in [0.15, 0.2) is 5.75 Å². The van der Waals surface area contributed by atoms with Gasteiger partial charge in [-0.3, -0.25) is 18.2 Å². The first-order chi connectivity index (χ1) is 18.2. The van der Waals surface area contributed by atoms with Crippen LogP contribution < -0.4 is 5.73 Å². The van der Waals surface area contributed by atoms with Crippen LogP contribution in [0.25, 0.3) is 21.5 Å². The van der Waals surface area contributed by atoms with Gasteiger partial charge in [0.1, 0.15) is 26.1 Å². The summed E-state index contributed by atoms with van der Waals surface area (Å²) >= 11 is 0. The van der Waals surface area contributed by atoms with Crippen LogP contribution in [-0.2, 0) is 40.5 Å². The maximum Gasteiger partial charge on any atom is 0.297 e. The second-order valence-corrected chi connectivity index (χ2v) is 13.6. The minimum Gasteiger partial charge on any atom is -0.505 e. The monoisotopic (exact) mass is 633 g/mol. The Morgan fingerprint density at radius 3 is 1.75 bits per heavy atom. The minimum absolute atomic E-state index is 0.0142. The van der Waals surface area contributed by atoms with Crippen LogP contribution in [0.4, 0.5) is 17.1 Å². The third-order valence-corrected chi connectivity index (χ3v) is 8.98. The Bertz CT molecular complexity index is 2230. The quantitative estimate of drug-likeness (QED) is 0.101. The molecule has 20 heteroatoms. The lowest BCUT2D eigenvalue weighted by Crippen LogP contribution is -2.07. The topological polar surface area (TPSA) is 288 Å². The number of benzene rings is 4. The van der Waals surface area contributed by atoms with Crippen molar-refractivity contribution in [2.24, 2.45) is 10.2 Å². The van der Waals surface area contributed by atoms with Crippen LogP contribution in [0.15, 0.2) is 78.3 Å². The van der Waals surface area contributed by atoms with E-state index in [9.17, 15) is 57.0 Å². The molecule has 212 valence electrons. The standard InChI is InChI=1S/C20H15N3O13S4/c21-10-1-2-12-9(5-10)6-17(39(31,32)33)18(19(12)24)23-22-15-4-3-13-14(20(15)40(34,35)36)7-11(37(25,26)27)8-16(13)38(28,29)30/h1-8,24H,21H2,(H,25,26,27)(H,28,29,30)(H,31,32,33)(H,34,35,36). The zero-order chi connectivity index (χ0) is 30.0. The third kappa shape index (κ3) is 5.46. The summed E-state index contributed by atoms with van der Waals surface area (Å²) in [7, 11) is -21.0. The highest BCUT2D eigenvalue weighted by atomic mass is 32.2. The molecule has 4 aromatic rings. The molecular formula is C20H15N3O13S4. The van der Waals surface area contributed by atoms with E-state index in [1.807, 2.05) is 0 Å². The van der Waals surface area contributed by atoms with Gasteiger partial charge in [-0.25, -0.2) is 0 Å². The van der Waals surface area contributed by atoms with Crippen LogP contribution in [0, 0.1) is 0 Å². The highest BCUT2D eigenvalue weighted by Gasteiger charge is 2.28. The van der Waals surface area contributed by atoms with Gasteiger partial charge in [0.2, 0.25) is 0 Å². The molecule has 0 unspecified atom stereocenters. The Morgan fingerprint density at radius 2 is 1.20 bits per heavy atom. The average Bonchev–Trinajstić information content (AvgIpc) is 2.79. The molecule has 0 amide bonds. The second-order valence-electron chi connectivity index (χ2n) is 8.08. The molecule has 0 fully saturated rings. The number of hydrogen-bond acceptors (Lipinski definition) is 12. The number of azo groups is 1. The number of hydrogen-bond donors (Lipinski definition) is 6. The molecule has 0 bridgehead atoms. The van der Waals surface area contributed by atoms with Gasteiger partial charge in [-0.2, -0.15) is 33.7 Å². The molecule has 4 rings (SSSR count). The van der Waals surface area contributed by atoms with Crippen LogP contribution in [0.1, 0.15) is 0 Å². The number of nitrogen functional groups attached to an aromatic ring is 1. The molecule has 0 spiro atoms. The van der Waals surface area contributed by atoms with Crippen molar-refractivity contribution in [2.75, 3.05) is 5.73 Å². The minimum atomic E-state index is -5.43. The van der Waals surface area contributed by atoms with Crippen LogP contribution in [0.3, 0.4) is 0 Å². The van der Waals surface area contributed by atoms with Crippen molar-refractivity contribution in [2.45, 2.75) is 19.6 Å². The van der Waals surface area contributed by atoms with E-state index in [-0.39, 0.29) is 16.5 Å². The van der Waals surface area contributed by atoms with Gasteiger partial charge in [0.25, 0.3) is 40.5 Å². The van der Waals surface area contributed by atoms with E-state index >= 15 is 0 Å². The molecule has 0 heterocycles. The van der Waals surface area contributed by atoms with Gasteiger partial charge in [-0.1, -0.05) is 6.07 Å². The van der Waals surface area contributed by atoms with Crippen molar-refractivity contribution in [1.82, 2.24) is 0 Å². The molecule has 0 aliphatic heterocycles. The van der Waals surface area contributed by atoms with E-state index in [2.05, 4.69) is 10.2 Å². The number of nitrogens with two attached hydrogens (primary N) is 1. The maximum atomic E-state index is 12.3. The lowest BCUT2D eigenvalue weighted by molar-refractivity contribution is 0.472. The van der Waals surface area contributed by atoms with E-state index in [1.54, 1.807) is 0 Å². The highest BCUT2D eigenvalue weighted by molar-refractivity contribution is 7.87. The van der Waals surface area contributed by atoms with E-state index < -0.39 is 88.0 Å². The van der Waals surface area contributed by atoms with Crippen LogP contribution in [0.5, 0.6) is 5.75 Å². The van der Waals surface area contributed by atoms with Crippen molar-refractivity contribution in [3.63, 3.8) is 0 Å². The van der Waals surface area contributed by atoms with Crippen molar-refractivity contribution >= 4 is 79.1 Å². The van der Waals surface area contributed by atoms with E-state index in [0.717, 1.165) is 18.2 Å². The first-order valence-electron chi connectivity index (χ1n) is 10.2. The summed E-state index contributed by atoms with van der Waals surface area (Å²) in [5.74, 6) is -0.842. The number of aromatic hydroxyl groups is 1. The zero-order valence-electron chi connectivity index (χ0n) is 19.2. The number of phenolic OH excluding ortho intramolecular Hbond substituents is 1. The lowest BCUT2D eigenvalue weighted by atomic mass is 10.1. The van der Waals surface area contributed by atoms with Crippen LogP contribution in [-0.4, -0.2) is 57.0 Å². The molecule has 4 aromatic carbocycles. The number of rotatable bonds is 6. The molecule has 0 saturated heterocycles. The first-order valence-corrected chi connectivity index (χ1v) is 15.9. The summed E-state index contributed by atoms with van der Waals surface area (Å²) in [6, 6.07) is 7.16. The fourth-order valence-electron chi connectivity index (χ4n) is 3.82. The fraction of sp³-hybridized carbons (Fsp3) is 0. The Hall–Kier alpha value is -3.76. The number of fused-ring (bicyclic) bond motifs is 2. The number of anilines is 1. The summed E-state index contributed by atoms with van der Waals surface area (Å²) < 4.78 is 135. The summed E-state index contributed by atoms with van der Waals surface area (Å²) in [6.07, 6.45) is 0. The fourth-order valence-corrected chi connectivity index (χ4v) is 6.63. The van der Waals surface area contributed by atoms with Crippen molar-refractivity contribution in [3.8, 4) is 5.75 Å². The van der Waals surface area contributed by atoms with Crippen LogP contribution in [0.2, 0.25) is 0 Å². The largest absolute Gasteiger partial charge is 0.505 e. The molecule has 0 saturated carbocycles. The van der Waals surface area contributed by atoms with Crippen LogP contribution >= 0.6 is 0 Å². The molecule has 0 aliphatic rings. The SMILES string of the molecule is Nc1ccc2c(O)c(N=Nc3ccc4c(S(=O)(=O)O)cc(S(=O)(=O)O)cc4c3S(=O)(=O)O)c(S(=O)(=O)O)cc2c1. The summed E-state index contributed by atoms with van der Waals surface area (Å²) in [5, 5.41) is 16.3. The predicted octanol–water partition coefficient (Wildman–Crippen LogP) is 2.68. The normalized spacial score (nSPS) is 13.4. The van der Waals surface area contributed by atoms with Crippen molar-refractivity contribution in [3.05, 3.63) is 48.5 Å². The second kappa shape index (κ2) is 9.42. The molecule has 0 atom stereocenters. The van der Waals surface area contributed by atoms with E-state index in [4.69, 9.17) is 5.73 Å². The maximum absolute atomic E-state index is 12.3. The van der Waals surface area contributed by atoms with E-state index in [0.29, 0.717) is 12.1 Å². The smallest absolute Gasteiger partial charge is 0.297 e. The number of nitrogens with zero attached hydrogens (tertiary/aromatic N) is 2. The Morgan fingerprint density at radius 1 is 0.600 bits per heavy atom. The van der Waals surface area contributed by atoms with Gasteiger partial charge in [-0.05, 0) is 47.9 Å². The molecule has 16 nitrogen and oxygen atoms in total. The Labute approximate surface area is 225 Å². The summed E-state index contributed by atoms with van der Waals surface area (Å²) in [4.78, 5) is -4.60. The van der Waals surface area contributed by atoms with Gasteiger partial charge < -0.3 is 10.8 Å². The average molecular weight is 634 g/mol. The summed E-state index contributed by atoms with van der Waals surface area (Å²) in [5.41, 5.74) is 4.10. The first kappa shape index (κ1) is 29.2. The molecule has 40 heavy (non-hydrogen) atoms. The molecule has 0 aliphatic carbocycles. The van der Waals surface area contributed by atoms with Crippen molar-refractivity contribution < 1.29 is 57.0 Å². The molecule has 7 N–H and O–H groups in total. The van der Waals surface area contributed by atoms with Crippen molar-refractivity contribution in [1.29, 1.82) is 0 Å². The van der Waals surface area contributed by atoms with Gasteiger partial charge in [0, 0.05) is 21.8 Å². The van der Waals surface area contributed by atoms with E-state index in [1.165, 1.54) is 18.2 Å². The van der Waals surface area contributed by atoms with Gasteiger partial charge in [-0.15, -0.1) is 10.2 Å². The zero-order valence-corrected chi connectivity index (χ0v) is 22.5.